The molecule has 42 heavy (non-hydrogen) atoms. The van der Waals surface area contributed by atoms with Gasteiger partial charge in [0.1, 0.15) is 5.75 Å². The van der Waals surface area contributed by atoms with Crippen LogP contribution < -0.4 is 4.74 Å². The van der Waals surface area contributed by atoms with Gasteiger partial charge in [0.2, 0.25) is 0 Å². The smallest absolute Gasteiger partial charge is 0.341 e. The lowest BCUT2D eigenvalue weighted by atomic mass is 9.80. The summed E-state index contributed by atoms with van der Waals surface area (Å²) in [5.41, 5.74) is 3.23. The first-order valence-electron chi connectivity index (χ1n) is 16.1. The molecule has 3 rings (SSSR count). The van der Waals surface area contributed by atoms with Crippen LogP contribution in [-0.4, -0.2) is 25.2 Å². The van der Waals surface area contributed by atoms with E-state index in [1.807, 2.05) is 12.1 Å². The standard InChI is InChI=1S/C35H49Cl3O3Si/c1-2-3-4-5-8-11-29-12-14-31(15-13-29)28-41-34-23-21-33(22-24-34)32-19-16-30(17-20-32)18-25-35(39)40-26-9-6-7-10-27-42(36,37)38/h16-25,29,31H,2-15,26-28H2,1H3/b25-18+. The molecule has 2 aromatic carbocycles. The highest BCUT2D eigenvalue weighted by molar-refractivity contribution is 7.64. The van der Waals surface area contributed by atoms with E-state index in [2.05, 4.69) is 43.3 Å². The molecule has 0 aromatic heterocycles. The minimum absolute atomic E-state index is 0.325. The number of hydrogen-bond acceptors (Lipinski definition) is 3. The van der Waals surface area contributed by atoms with Gasteiger partial charge in [-0.15, -0.1) is 33.2 Å². The van der Waals surface area contributed by atoms with E-state index >= 15 is 0 Å². The van der Waals surface area contributed by atoms with E-state index in [4.69, 9.17) is 42.7 Å². The summed E-state index contributed by atoms with van der Waals surface area (Å²) >= 11 is 17.7. The van der Waals surface area contributed by atoms with Crippen molar-refractivity contribution in [1.82, 2.24) is 0 Å². The van der Waals surface area contributed by atoms with Gasteiger partial charge in [-0.25, -0.2) is 4.79 Å². The lowest BCUT2D eigenvalue weighted by molar-refractivity contribution is -0.137. The number of esters is 1. The largest absolute Gasteiger partial charge is 0.493 e. The Labute approximate surface area is 269 Å². The fraction of sp³-hybridized carbons (Fsp3) is 0.571. The quantitative estimate of drug-likeness (QED) is 0.0498. The molecule has 0 saturated heterocycles. The Kier molecular flexibility index (Phi) is 16.5. The van der Waals surface area contributed by atoms with E-state index in [0.717, 1.165) is 60.6 Å². The second-order valence-corrected chi connectivity index (χ2v) is 21.1. The SMILES string of the molecule is CCCCCCCC1CCC(COc2ccc(-c3ccc(/C=C/C(=O)OCCCCCC[Si](Cl)(Cl)Cl)cc3)cc2)CC1. The predicted octanol–water partition coefficient (Wildman–Crippen LogP) is 11.7. The zero-order valence-electron chi connectivity index (χ0n) is 25.3. The maximum absolute atomic E-state index is 12.0. The van der Waals surface area contributed by atoms with Crippen molar-refractivity contribution >= 4 is 51.3 Å². The normalized spacial score (nSPS) is 17.4. The molecule has 0 spiro atoms. The molecule has 0 N–H and O–H groups in total. The third kappa shape index (κ3) is 14.8. The molecule has 7 heteroatoms. The molecule has 0 bridgehead atoms. The van der Waals surface area contributed by atoms with E-state index in [1.165, 1.54) is 70.3 Å². The number of ether oxygens (including phenoxy) is 2. The van der Waals surface area contributed by atoms with Crippen LogP contribution >= 0.6 is 33.2 Å². The van der Waals surface area contributed by atoms with E-state index in [0.29, 0.717) is 18.6 Å². The van der Waals surface area contributed by atoms with Gasteiger partial charge < -0.3 is 9.47 Å². The third-order valence-corrected chi connectivity index (χ3v) is 10.9. The highest BCUT2D eigenvalue weighted by Gasteiger charge is 2.23. The number of carbonyl (C=O) groups is 1. The van der Waals surface area contributed by atoms with Crippen molar-refractivity contribution in [3.63, 3.8) is 0 Å². The van der Waals surface area contributed by atoms with Crippen molar-refractivity contribution in [3.05, 3.63) is 60.2 Å². The Morgan fingerprint density at radius 1 is 0.786 bits per heavy atom. The molecule has 1 saturated carbocycles. The van der Waals surface area contributed by atoms with Gasteiger partial charge in [-0.3, -0.25) is 0 Å². The highest BCUT2D eigenvalue weighted by Crippen LogP contribution is 2.33. The summed E-state index contributed by atoms with van der Waals surface area (Å²) in [5.74, 6) is 2.24. The van der Waals surface area contributed by atoms with Gasteiger partial charge in [-0.05, 0) is 72.0 Å². The second kappa shape index (κ2) is 19.7. The molecule has 0 radical (unpaired) electrons. The van der Waals surface area contributed by atoms with Gasteiger partial charge in [-0.1, -0.05) is 114 Å². The Morgan fingerprint density at radius 3 is 2.05 bits per heavy atom. The van der Waals surface area contributed by atoms with Crippen molar-refractivity contribution in [2.45, 2.75) is 103 Å². The Balaban J connectivity index is 1.31. The Hall–Kier alpha value is -1.46. The van der Waals surface area contributed by atoms with Crippen molar-refractivity contribution in [2.24, 2.45) is 11.8 Å². The number of halogens is 3. The first-order valence-corrected chi connectivity index (χ1v) is 21.3. The van der Waals surface area contributed by atoms with Crippen LogP contribution in [0.1, 0.15) is 102 Å². The zero-order chi connectivity index (χ0) is 30.0. The average molecular weight is 652 g/mol. The number of rotatable bonds is 19. The summed E-state index contributed by atoms with van der Waals surface area (Å²) < 4.78 is 11.5. The van der Waals surface area contributed by atoms with Crippen LogP contribution in [0, 0.1) is 11.8 Å². The van der Waals surface area contributed by atoms with Crippen LogP contribution in [0.2, 0.25) is 6.04 Å². The monoisotopic (exact) mass is 650 g/mol. The summed E-state index contributed by atoms with van der Waals surface area (Å²) in [6, 6.07) is 14.7. The first kappa shape index (κ1) is 35.0. The number of benzene rings is 2. The number of unbranched alkanes of at least 4 members (excludes halogenated alkanes) is 7. The number of hydrogen-bond donors (Lipinski definition) is 0. The molecule has 1 aliphatic carbocycles. The second-order valence-electron chi connectivity index (χ2n) is 11.8. The molecule has 2 aromatic rings. The van der Waals surface area contributed by atoms with Gasteiger partial charge in [0.15, 0.2) is 0 Å². The number of carbonyl (C=O) groups excluding carboxylic acids is 1. The maximum atomic E-state index is 12.0. The van der Waals surface area contributed by atoms with Crippen LogP contribution in [0.4, 0.5) is 0 Å². The van der Waals surface area contributed by atoms with Crippen LogP contribution in [-0.2, 0) is 9.53 Å². The minimum atomic E-state index is -2.51. The van der Waals surface area contributed by atoms with Crippen molar-refractivity contribution in [3.8, 4) is 16.9 Å². The van der Waals surface area contributed by atoms with Crippen LogP contribution in [0.3, 0.4) is 0 Å². The van der Waals surface area contributed by atoms with Crippen LogP contribution in [0.5, 0.6) is 5.75 Å². The van der Waals surface area contributed by atoms with Gasteiger partial charge in [0.05, 0.1) is 13.2 Å². The van der Waals surface area contributed by atoms with Crippen molar-refractivity contribution in [1.29, 1.82) is 0 Å². The Morgan fingerprint density at radius 2 is 1.38 bits per heavy atom. The summed E-state index contributed by atoms with van der Waals surface area (Å²) in [4.78, 5) is 12.0. The fourth-order valence-electron chi connectivity index (χ4n) is 5.63. The van der Waals surface area contributed by atoms with Gasteiger partial charge in [0, 0.05) is 6.08 Å². The van der Waals surface area contributed by atoms with Gasteiger partial charge >= 0.3 is 12.0 Å². The topological polar surface area (TPSA) is 35.5 Å². The van der Waals surface area contributed by atoms with E-state index in [1.54, 1.807) is 6.08 Å². The molecular weight excluding hydrogens is 603 g/mol. The lowest BCUT2D eigenvalue weighted by Crippen LogP contribution is -2.20. The van der Waals surface area contributed by atoms with Crippen molar-refractivity contribution < 1.29 is 14.3 Å². The first-order chi connectivity index (χ1) is 20.3. The van der Waals surface area contributed by atoms with Gasteiger partial charge in [-0.2, -0.15) is 0 Å². The summed E-state index contributed by atoms with van der Waals surface area (Å²) in [7, 11) is 0. The molecule has 0 unspecified atom stereocenters. The molecule has 1 aliphatic rings. The summed E-state index contributed by atoms with van der Waals surface area (Å²) in [6.07, 6.45) is 20.7. The minimum Gasteiger partial charge on any atom is -0.493 e. The van der Waals surface area contributed by atoms with Crippen LogP contribution in [0.15, 0.2) is 54.6 Å². The molecule has 232 valence electrons. The average Bonchev–Trinajstić information content (AvgIpc) is 2.99. The molecule has 0 atom stereocenters. The fourth-order valence-corrected chi connectivity index (χ4v) is 7.49. The van der Waals surface area contributed by atoms with Crippen LogP contribution in [0.25, 0.3) is 17.2 Å². The zero-order valence-corrected chi connectivity index (χ0v) is 28.6. The molecule has 0 amide bonds. The van der Waals surface area contributed by atoms with Crippen molar-refractivity contribution in [2.75, 3.05) is 13.2 Å². The summed E-state index contributed by atoms with van der Waals surface area (Å²) in [6.45, 7) is 3.52. The van der Waals surface area contributed by atoms with E-state index in [-0.39, 0.29) is 5.97 Å². The molecular formula is C35H49Cl3O3Si. The summed E-state index contributed by atoms with van der Waals surface area (Å²) in [5, 5.41) is 0. The van der Waals surface area contributed by atoms with E-state index in [9.17, 15) is 4.79 Å². The highest BCUT2D eigenvalue weighted by atomic mass is 35.8. The Bertz CT molecular complexity index is 1040. The molecule has 0 heterocycles. The molecule has 3 nitrogen and oxygen atoms in total. The third-order valence-electron chi connectivity index (χ3n) is 8.28. The molecule has 0 aliphatic heterocycles. The predicted molar refractivity (Wildman–Crippen MR) is 183 cm³/mol. The maximum Gasteiger partial charge on any atom is 0.341 e. The van der Waals surface area contributed by atoms with Gasteiger partial charge in [0.25, 0.3) is 0 Å². The van der Waals surface area contributed by atoms with E-state index < -0.39 is 6.00 Å². The lowest BCUT2D eigenvalue weighted by Gasteiger charge is -2.28. The molecule has 1 fully saturated rings.